The summed E-state index contributed by atoms with van der Waals surface area (Å²) in [4.78, 5) is 17.4. The fraction of sp³-hybridized carbons (Fsp3) is 0.267. The molecular formula is C15H14N4O4S. The highest BCUT2D eigenvalue weighted by Crippen LogP contribution is 2.32. The molecule has 0 bridgehead atoms. The number of imidazole rings is 1. The lowest BCUT2D eigenvalue weighted by molar-refractivity contribution is 0.0693. The standard InChI is InChI=1S/C15H14N4O4S/c1-18(6-9-7-22-10-4-2-3-5-11(10)23-9)15-17-19-8-16-12(14(20)21)13(19)24-15/h2-5,8-9H,6-7H2,1H3,(H,20,21). The number of likely N-dealkylation sites (N-methyl/N-ethyl adjacent to an activating group) is 1. The summed E-state index contributed by atoms with van der Waals surface area (Å²) in [7, 11) is 1.88. The van der Waals surface area contributed by atoms with Gasteiger partial charge < -0.3 is 19.5 Å². The third-order valence-electron chi connectivity index (χ3n) is 3.66. The van der Waals surface area contributed by atoms with E-state index in [4.69, 9.17) is 14.6 Å². The quantitative estimate of drug-likeness (QED) is 0.770. The van der Waals surface area contributed by atoms with E-state index in [1.165, 1.54) is 22.2 Å². The Morgan fingerprint density at radius 2 is 2.25 bits per heavy atom. The largest absolute Gasteiger partial charge is 0.486 e. The van der Waals surface area contributed by atoms with Gasteiger partial charge in [-0.05, 0) is 12.1 Å². The number of rotatable bonds is 4. The van der Waals surface area contributed by atoms with Gasteiger partial charge in [0.2, 0.25) is 5.13 Å². The number of hydrogen-bond donors (Lipinski definition) is 1. The molecule has 124 valence electrons. The van der Waals surface area contributed by atoms with Crippen LogP contribution in [-0.2, 0) is 0 Å². The monoisotopic (exact) mass is 346 g/mol. The Labute approximate surface area is 140 Å². The maximum Gasteiger partial charge on any atom is 0.357 e. The second-order valence-electron chi connectivity index (χ2n) is 5.41. The predicted octanol–water partition coefficient (Wildman–Crippen LogP) is 1.77. The minimum absolute atomic E-state index is 0.0123. The van der Waals surface area contributed by atoms with Crippen LogP contribution in [0, 0.1) is 0 Å². The topological polar surface area (TPSA) is 89.2 Å². The number of carbonyl (C=O) groups is 1. The molecule has 4 rings (SSSR count). The Morgan fingerprint density at radius 3 is 3.04 bits per heavy atom. The van der Waals surface area contributed by atoms with Crippen LogP contribution in [-0.4, -0.2) is 52.0 Å². The number of para-hydroxylation sites is 2. The Morgan fingerprint density at radius 1 is 1.46 bits per heavy atom. The van der Waals surface area contributed by atoms with Gasteiger partial charge in [-0.1, -0.05) is 23.5 Å². The van der Waals surface area contributed by atoms with E-state index in [-0.39, 0.29) is 11.8 Å². The Kier molecular flexibility index (Phi) is 3.49. The summed E-state index contributed by atoms with van der Waals surface area (Å²) in [6, 6.07) is 7.56. The van der Waals surface area contributed by atoms with Crippen LogP contribution in [0.3, 0.4) is 0 Å². The third kappa shape index (κ3) is 2.52. The maximum absolute atomic E-state index is 11.1. The molecule has 0 amide bonds. The van der Waals surface area contributed by atoms with Crippen molar-refractivity contribution in [3.05, 3.63) is 36.3 Å². The molecule has 2 aromatic heterocycles. The number of carboxylic acids is 1. The highest BCUT2D eigenvalue weighted by molar-refractivity contribution is 7.21. The van der Waals surface area contributed by atoms with Gasteiger partial charge in [0, 0.05) is 7.05 Å². The molecule has 1 aliphatic heterocycles. The highest BCUT2D eigenvalue weighted by atomic mass is 32.1. The van der Waals surface area contributed by atoms with Crippen LogP contribution in [0.1, 0.15) is 10.5 Å². The first-order chi connectivity index (χ1) is 11.6. The molecule has 1 unspecified atom stereocenters. The Bertz CT molecular complexity index is 906. The number of nitrogens with zero attached hydrogens (tertiary/aromatic N) is 4. The van der Waals surface area contributed by atoms with Crippen LogP contribution in [0.25, 0.3) is 4.83 Å². The van der Waals surface area contributed by atoms with Crippen molar-refractivity contribution in [2.75, 3.05) is 25.1 Å². The molecule has 1 aliphatic rings. The molecule has 8 nitrogen and oxygen atoms in total. The number of carboxylic acid groups (broad SMARTS) is 1. The molecule has 24 heavy (non-hydrogen) atoms. The van der Waals surface area contributed by atoms with E-state index < -0.39 is 5.97 Å². The van der Waals surface area contributed by atoms with E-state index in [1.54, 1.807) is 0 Å². The van der Waals surface area contributed by atoms with Crippen molar-refractivity contribution < 1.29 is 19.4 Å². The van der Waals surface area contributed by atoms with Gasteiger partial charge in [0.1, 0.15) is 12.9 Å². The van der Waals surface area contributed by atoms with Crippen LogP contribution in [0.2, 0.25) is 0 Å². The zero-order chi connectivity index (χ0) is 16.7. The fourth-order valence-corrected chi connectivity index (χ4v) is 3.48. The number of aromatic nitrogens is 3. The minimum atomic E-state index is -1.06. The first-order valence-corrected chi connectivity index (χ1v) is 8.10. The first kappa shape index (κ1) is 14.8. The summed E-state index contributed by atoms with van der Waals surface area (Å²) in [5.41, 5.74) is 0.0123. The summed E-state index contributed by atoms with van der Waals surface area (Å²) in [5, 5.41) is 14.2. The normalized spacial score (nSPS) is 16.3. The first-order valence-electron chi connectivity index (χ1n) is 7.29. The van der Waals surface area contributed by atoms with Gasteiger partial charge in [-0.2, -0.15) is 0 Å². The fourth-order valence-electron chi connectivity index (χ4n) is 2.53. The van der Waals surface area contributed by atoms with E-state index >= 15 is 0 Å². The van der Waals surface area contributed by atoms with Crippen molar-refractivity contribution in [3.63, 3.8) is 0 Å². The van der Waals surface area contributed by atoms with Gasteiger partial charge in [-0.3, -0.25) is 0 Å². The third-order valence-corrected chi connectivity index (χ3v) is 4.81. The summed E-state index contributed by atoms with van der Waals surface area (Å²) < 4.78 is 13.1. The van der Waals surface area contributed by atoms with Gasteiger partial charge >= 0.3 is 5.97 Å². The van der Waals surface area contributed by atoms with Crippen molar-refractivity contribution in [2.45, 2.75) is 6.10 Å². The summed E-state index contributed by atoms with van der Waals surface area (Å²) in [6.07, 6.45) is 1.27. The molecule has 9 heteroatoms. The van der Waals surface area contributed by atoms with E-state index in [2.05, 4.69) is 10.1 Å². The lowest BCUT2D eigenvalue weighted by Crippen LogP contribution is -2.39. The molecule has 1 aromatic carbocycles. The average Bonchev–Trinajstić information content (AvgIpc) is 3.14. The highest BCUT2D eigenvalue weighted by Gasteiger charge is 2.24. The van der Waals surface area contributed by atoms with Crippen molar-refractivity contribution >= 4 is 27.3 Å². The molecule has 1 atom stereocenters. The molecule has 0 fully saturated rings. The molecule has 3 heterocycles. The van der Waals surface area contributed by atoms with E-state index in [0.717, 1.165) is 11.5 Å². The molecule has 0 saturated carbocycles. The van der Waals surface area contributed by atoms with Crippen molar-refractivity contribution in [1.82, 2.24) is 14.6 Å². The van der Waals surface area contributed by atoms with Crippen LogP contribution in [0.15, 0.2) is 30.6 Å². The molecule has 0 aliphatic carbocycles. The van der Waals surface area contributed by atoms with E-state index in [0.29, 0.717) is 23.1 Å². The van der Waals surface area contributed by atoms with Crippen molar-refractivity contribution in [1.29, 1.82) is 0 Å². The Hall–Kier alpha value is -2.81. The smallest absolute Gasteiger partial charge is 0.357 e. The second kappa shape index (κ2) is 5.68. The summed E-state index contributed by atoms with van der Waals surface area (Å²) in [6.45, 7) is 1.02. The average molecular weight is 346 g/mol. The number of ether oxygens (including phenoxy) is 2. The molecule has 0 spiro atoms. The summed E-state index contributed by atoms with van der Waals surface area (Å²) >= 11 is 1.28. The van der Waals surface area contributed by atoms with E-state index in [1.807, 2.05) is 36.2 Å². The van der Waals surface area contributed by atoms with Gasteiger partial charge in [-0.25, -0.2) is 14.3 Å². The molecular weight excluding hydrogens is 332 g/mol. The van der Waals surface area contributed by atoms with Crippen molar-refractivity contribution in [2.24, 2.45) is 0 Å². The van der Waals surface area contributed by atoms with E-state index in [9.17, 15) is 4.79 Å². The lowest BCUT2D eigenvalue weighted by Gasteiger charge is -2.29. The number of hydrogen-bond acceptors (Lipinski definition) is 7. The minimum Gasteiger partial charge on any atom is -0.486 e. The van der Waals surface area contributed by atoms with Gasteiger partial charge in [0.25, 0.3) is 0 Å². The number of fused-ring (bicyclic) bond motifs is 2. The van der Waals surface area contributed by atoms with Crippen LogP contribution in [0.4, 0.5) is 5.13 Å². The van der Waals surface area contributed by atoms with Gasteiger partial charge in [0.15, 0.2) is 28.1 Å². The SMILES string of the molecule is CN(CC1COc2ccccc2O1)c1nn2cnc(C(=O)O)c2s1. The lowest BCUT2D eigenvalue weighted by atomic mass is 10.2. The predicted molar refractivity (Wildman–Crippen MR) is 87.4 cm³/mol. The molecule has 1 N–H and O–H groups in total. The van der Waals surface area contributed by atoms with Crippen LogP contribution >= 0.6 is 11.3 Å². The number of benzene rings is 1. The van der Waals surface area contributed by atoms with Crippen LogP contribution < -0.4 is 14.4 Å². The Balaban J connectivity index is 1.50. The number of aromatic carboxylic acids is 1. The molecule has 0 radical (unpaired) electrons. The van der Waals surface area contributed by atoms with Crippen molar-refractivity contribution in [3.8, 4) is 11.5 Å². The number of anilines is 1. The zero-order valence-corrected chi connectivity index (χ0v) is 13.6. The van der Waals surface area contributed by atoms with Gasteiger partial charge in [0.05, 0.1) is 6.54 Å². The van der Waals surface area contributed by atoms with Gasteiger partial charge in [-0.15, -0.1) is 5.10 Å². The van der Waals surface area contributed by atoms with Crippen LogP contribution in [0.5, 0.6) is 11.5 Å². The summed E-state index contributed by atoms with van der Waals surface area (Å²) in [5.74, 6) is 0.417. The zero-order valence-electron chi connectivity index (χ0n) is 12.7. The second-order valence-corrected chi connectivity index (χ2v) is 6.37. The molecule has 3 aromatic rings. The molecule has 0 saturated heterocycles. The maximum atomic E-state index is 11.1.